The molecule has 0 saturated heterocycles. The molecule has 0 aliphatic carbocycles. The molecule has 2 atom stereocenters. The lowest BCUT2D eigenvalue weighted by molar-refractivity contribution is -0.0151. The van der Waals surface area contributed by atoms with Crippen LogP contribution >= 0.6 is 0 Å². The minimum absolute atomic E-state index is 0.189. The van der Waals surface area contributed by atoms with Gasteiger partial charge >= 0.3 is 0 Å². The lowest BCUT2D eigenvalue weighted by Crippen LogP contribution is -2.22. The number of aliphatic hydroxyl groups excluding tert-OH is 1. The molecule has 2 nitrogen and oxygen atoms in total. The summed E-state index contributed by atoms with van der Waals surface area (Å²) in [6, 6.07) is 9.61. The van der Waals surface area contributed by atoms with E-state index in [-0.39, 0.29) is 6.10 Å². The largest absolute Gasteiger partial charge is 0.385 e. The Morgan fingerprint density at radius 1 is 1.29 bits per heavy atom. The van der Waals surface area contributed by atoms with Crippen molar-refractivity contribution < 1.29 is 9.84 Å². The molecule has 0 spiro atoms. The fraction of sp³-hybridized carbons (Fsp3) is 0.333. The minimum atomic E-state index is -0.548. The van der Waals surface area contributed by atoms with Crippen molar-refractivity contribution in [3.63, 3.8) is 0 Å². The van der Waals surface area contributed by atoms with Crippen LogP contribution in [0.4, 0.5) is 0 Å². The second-order valence-electron chi connectivity index (χ2n) is 3.41. The molecule has 74 valence electrons. The summed E-state index contributed by atoms with van der Waals surface area (Å²) in [5, 5.41) is 9.97. The van der Waals surface area contributed by atoms with Crippen molar-refractivity contribution in [1.29, 1.82) is 0 Å². The standard InChI is InChI=1S/C12H14O2/c13-12(10-6-2-1-3-7-10)11-8-4-5-9-14-11/h1-4,6-8,11-13H,5,9H2/t11-,12-/m1/s1. The zero-order valence-electron chi connectivity index (χ0n) is 7.97. The molecule has 0 saturated carbocycles. The van der Waals surface area contributed by atoms with E-state index in [1.165, 1.54) is 0 Å². The van der Waals surface area contributed by atoms with Gasteiger partial charge in [-0.3, -0.25) is 0 Å². The molecule has 0 aromatic heterocycles. The monoisotopic (exact) mass is 190 g/mol. The second kappa shape index (κ2) is 4.40. The molecule has 0 radical (unpaired) electrons. The van der Waals surface area contributed by atoms with Gasteiger partial charge in [0, 0.05) is 0 Å². The summed E-state index contributed by atoms with van der Waals surface area (Å²) in [5.74, 6) is 0. The van der Waals surface area contributed by atoms with Crippen LogP contribution in [0.1, 0.15) is 18.1 Å². The first-order valence-corrected chi connectivity index (χ1v) is 4.89. The molecule has 0 unspecified atom stereocenters. The predicted octanol–water partition coefficient (Wildman–Crippen LogP) is 2.07. The van der Waals surface area contributed by atoms with Crippen molar-refractivity contribution in [3.8, 4) is 0 Å². The van der Waals surface area contributed by atoms with Crippen molar-refractivity contribution in [2.45, 2.75) is 18.6 Å². The van der Waals surface area contributed by atoms with E-state index in [0.29, 0.717) is 6.61 Å². The zero-order valence-corrected chi connectivity index (χ0v) is 7.97. The number of aliphatic hydroxyl groups is 1. The third-order valence-corrected chi connectivity index (χ3v) is 2.37. The van der Waals surface area contributed by atoms with E-state index < -0.39 is 6.10 Å². The van der Waals surface area contributed by atoms with Crippen LogP contribution < -0.4 is 0 Å². The normalized spacial score (nSPS) is 23.4. The lowest BCUT2D eigenvalue weighted by atomic mass is 10.0. The third kappa shape index (κ3) is 2.03. The van der Waals surface area contributed by atoms with Gasteiger partial charge in [0.05, 0.1) is 6.61 Å². The van der Waals surface area contributed by atoms with Gasteiger partial charge in [0.25, 0.3) is 0 Å². The van der Waals surface area contributed by atoms with Gasteiger partial charge in [-0.05, 0) is 12.0 Å². The Labute approximate surface area is 83.8 Å². The first-order valence-electron chi connectivity index (χ1n) is 4.89. The summed E-state index contributed by atoms with van der Waals surface area (Å²) >= 11 is 0. The summed E-state index contributed by atoms with van der Waals surface area (Å²) in [6.45, 7) is 0.699. The maximum Gasteiger partial charge on any atom is 0.109 e. The minimum Gasteiger partial charge on any atom is -0.385 e. The fourth-order valence-corrected chi connectivity index (χ4v) is 1.59. The number of ether oxygens (including phenoxy) is 1. The number of hydrogen-bond donors (Lipinski definition) is 1. The van der Waals surface area contributed by atoms with Crippen molar-refractivity contribution in [2.24, 2.45) is 0 Å². The molecular weight excluding hydrogens is 176 g/mol. The summed E-state index contributed by atoms with van der Waals surface area (Å²) in [6.07, 6.45) is 4.19. The SMILES string of the molecule is O[C@H](c1ccccc1)[C@H]1C=CCCO1. The molecule has 0 bridgehead atoms. The van der Waals surface area contributed by atoms with Gasteiger partial charge < -0.3 is 9.84 Å². The summed E-state index contributed by atoms with van der Waals surface area (Å²) in [5.41, 5.74) is 0.907. The Bertz CT molecular complexity index is 305. The van der Waals surface area contributed by atoms with Crippen LogP contribution in [0.15, 0.2) is 42.5 Å². The van der Waals surface area contributed by atoms with Crippen LogP contribution in [0.2, 0.25) is 0 Å². The lowest BCUT2D eigenvalue weighted by Gasteiger charge is -2.23. The first kappa shape index (κ1) is 9.44. The van der Waals surface area contributed by atoms with Crippen LogP contribution in [0.3, 0.4) is 0 Å². The van der Waals surface area contributed by atoms with E-state index in [1.54, 1.807) is 0 Å². The fourth-order valence-electron chi connectivity index (χ4n) is 1.59. The van der Waals surface area contributed by atoms with Crippen LogP contribution in [-0.2, 0) is 4.74 Å². The second-order valence-corrected chi connectivity index (χ2v) is 3.41. The van der Waals surface area contributed by atoms with Gasteiger partial charge in [0.15, 0.2) is 0 Å². The van der Waals surface area contributed by atoms with Gasteiger partial charge in [-0.1, -0.05) is 42.5 Å². The third-order valence-electron chi connectivity index (χ3n) is 2.37. The topological polar surface area (TPSA) is 29.5 Å². The molecular formula is C12H14O2. The Morgan fingerprint density at radius 2 is 2.07 bits per heavy atom. The van der Waals surface area contributed by atoms with Crippen LogP contribution in [0.5, 0.6) is 0 Å². The van der Waals surface area contributed by atoms with E-state index in [2.05, 4.69) is 6.08 Å². The summed E-state index contributed by atoms with van der Waals surface area (Å²) in [7, 11) is 0. The number of hydrogen-bond acceptors (Lipinski definition) is 2. The van der Waals surface area contributed by atoms with Crippen molar-refractivity contribution in [2.75, 3.05) is 6.61 Å². The van der Waals surface area contributed by atoms with Crippen molar-refractivity contribution >= 4 is 0 Å². The highest BCUT2D eigenvalue weighted by molar-refractivity contribution is 5.20. The number of benzene rings is 1. The molecule has 1 aromatic rings. The number of rotatable bonds is 2. The molecule has 0 amide bonds. The van der Waals surface area contributed by atoms with Crippen molar-refractivity contribution in [1.82, 2.24) is 0 Å². The van der Waals surface area contributed by atoms with E-state index in [1.807, 2.05) is 36.4 Å². The Balaban J connectivity index is 2.11. The van der Waals surface area contributed by atoms with Crippen LogP contribution in [0.25, 0.3) is 0 Å². The van der Waals surface area contributed by atoms with E-state index in [9.17, 15) is 5.11 Å². The highest BCUT2D eigenvalue weighted by Crippen LogP contribution is 2.21. The molecule has 1 aliphatic rings. The molecule has 1 aliphatic heterocycles. The summed E-state index contributed by atoms with van der Waals surface area (Å²) in [4.78, 5) is 0. The van der Waals surface area contributed by atoms with Crippen molar-refractivity contribution in [3.05, 3.63) is 48.0 Å². The molecule has 1 heterocycles. The molecule has 2 rings (SSSR count). The maximum absolute atomic E-state index is 9.97. The van der Waals surface area contributed by atoms with E-state index in [0.717, 1.165) is 12.0 Å². The van der Waals surface area contributed by atoms with Gasteiger partial charge in [-0.15, -0.1) is 0 Å². The molecule has 0 fully saturated rings. The molecule has 2 heteroatoms. The van der Waals surface area contributed by atoms with E-state index in [4.69, 9.17) is 4.74 Å². The van der Waals surface area contributed by atoms with Gasteiger partial charge in [-0.25, -0.2) is 0 Å². The average molecular weight is 190 g/mol. The smallest absolute Gasteiger partial charge is 0.109 e. The first-order chi connectivity index (χ1) is 6.88. The van der Waals surface area contributed by atoms with E-state index >= 15 is 0 Å². The molecule has 14 heavy (non-hydrogen) atoms. The molecule has 1 N–H and O–H groups in total. The van der Waals surface area contributed by atoms with Crippen LogP contribution in [-0.4, -0.2) is 17.8 Å². The quantitative estimate of drug-likeness (QED) is 0.723. The van der Waals surface area contributed by atoms with Crippen LogP contribution in [0, 0.1) is 0 Å². The Morgan fingerprint density at radius 3 is 2.71 bits per heavy atom. The Kier molecular flexibility index (Phi) is 2.96. The predicted molar refractivity (Wildman–Crippen MR) is 54.9 cm³/mol. The average Bonchev–Trinajstić information content (AvgIpc) is 2.30. The van der Waals surface area contributed by atoms with Gasteiger partial charge in [0.1, 0.15) is 12.2 Å². The highest BCUT2D eigenvalue weighted by atomic mass is 16.5. The maximum atomic E-state index is 9.97. The summed E-state index contributed by atoms with van der Waals surface area (Å²) < 4.78 is 5.46. The molecule has 1 aromatic carbocycles. The van der Waals surface area contributed by atoms with Gasteiger partial charge in [0.2, 0.25) is 0 Å². The highest BCUT2D eigenvalue weighted by Gasteiger charge is 2.19. The van der Waals surface area contributed by atoms with Gasteiger partial charge in [-0.2, -0.15) is 0 Å². The Hall–Kier alpha value is -1.12. The zero-order chi connectivity index (χ0) is 9.80.